The van der Waals surface area contributed by atoms with Crippen molar-refractivity contribution in [2.24, 2.45) is 0 Å². The molecule has 1 saturated heterocycles. The van der Waals surface area contributed by atoms with Crippen LogP contribution >= 0.6 is 47.8 Å². The number of hydrogen-bond donors (Lipinski definition) is 1. The summed E-state index contributed by atoms with van der Waals surface area (Å²) in [5.41, 5.74) is 0.898. The Morgan fingerprint density at radius 3 is 2.24 bits per heavy atom. The highest BCUT2D eigenvalue weighted by atomic mass is 79.9. The van der Waals surface area contributed by atoms with Gasteiger partial charge in [0.1, 0.15) is 0 Å². The molecule has 1 fully saturated rings. The first kappa shape index (κ1) is 13.8. The molecule has 0 spiro atoms. The van der Waals surface area contributed by atoms with Gasteiger partial charge in [-0.3, -0.25) is 0 Å². The zero-order valence-electron chi connectivity index (χ0n) is 8.71. The van der Waals surface area contributed by atoms with Crippen LogP contribution in [0.15, 0.2) is 25.6 Å². The molecule has 17 heavy (non-hydrogen) atoms. The molecule has 0 bridgehead atoms. The molecule has 2 rings (SSSR count). The SMILES string of the molecule is O=S1(=O)CCC(Nc2c(Br)cc(Br)cc2Br)C1. The number of benzene rings is 1. The number of rotatable bonds is 2. The van der Waals surface area contributed by atoms with Crippen molar-refractivity contribution in [1.29, 1.82) is 0 Å². The second-order valence-electron chi connectivity index (χ2n) is 3.99. The van der Waals surface area contributed by atoms with E-state index < -0.39 is 9.84 Å². The Bertz CT molecular complexity index is 521. The first-order valence-electron chi connectivity index (χ1n) is 4.99. The van der Waals surface area contributed by atoms with Crippen molar-refractivity contribution in [2.45, 2.75) is 12.5 Å². The predicted molar refractivity (Wildman–Crippen MR) is 80.2 cm³/mol. The van der Waals surface area contributed by atoms with E-state index >= 15 is 0 Å². The minimum Gasteiger partial charge on any atom is -0.379 e. The molecular formula is C10H10Br3NO2S. The van der Waals surface area contributed by atoms with Crippen LogP contribution < -0.4 is 5.32 Å². The first-order valence-corrected chi connectivity index (χ1v) is 9.19. The highest BCUT2D eigenvalue weighted by Gasteiger charge is 2.28. The molecule has 0 amide bonds. The van der Waals surface area contributed by atoms with Crippen LogP contribution in [-0.4, -0.2) is 26.0 Å². The molecule has 1 aromatic rings. The Morgan fingerprint density at radius 1 is 1.18 bits per heavy atom. The number of sulfone groups is 1. The Hall–Kier alpha value is 0.410. The molecule has 1 N–H and O–H groups in total. The van der Waals surface area contributed by atoms with E-state index in [1.165, 1.54) is 0 Å². The number of anilines is 1. The Labute approximate surface area is 126 Å². The van der Waals surface area contributed by atoms with Crippen LogP contribution in [0.2, 0.25) is 0 Å². The monoisotopic (exact) mass is 445 g/mol. The van der Waals surface area contributed by atoms with Crippen LogP contribution in [0.1, 0.15) is 6.42 Å². The van der Waals surface area contributed by atoms with E-state index in [2.05, 4.69) is 53.1 Å². The summed E-state index contributed by atoms with van der Waals surface area (Å²) < 4.78 is 25.5. The molecule has 1 unspecified atom stereocenters. The molecule has 1 aliphatic heterocycles. The van der Waals surface area contributed by atoms with E-state index in [9.17, 15) is 8.42 Å². The van der Waals surface area contributed by atoms with Crippen LogP contribution in [0.3, 0.4) is 0 Å². The quantitative estimate of drug-likeness (QED) is 0.753. The Kier molecular flexibility index (Phi) is 4.22. The van der Waals surface area contributed by atoms with Crippen molar-refractivity contribution in [3.05, 3.63) is 25.6 Å². The van der Waals surface area contributed by atoms with E-state index in [0.717, 1.165) is 19.1 Å². The fraction of sp³-hybridized carbons (Fsp3) is 0.400. The van der Waals surface area contributed by atoms with Gasteiger partial charge in [-0.1, -0.05) is 15.9 Å². The lowest BCUT2D eigenvalue weighted by molar-refractivity contribution is 0.602. The Balaban J connectivity index is 2.20. The summed E-state index contributed by atoms with van der Waals surface area (Å²) in [7, 11) is -2.85. The van der Waals surface area contributed by atoms with E-state index in [4.69, 9.17) is 0 Å². The van der Waals surface area contributed by atoms with E-state index in [-0.39, 0.29) is 17.5 Å². The third-order valence-electron chi connectivity index (χ3n) is 2.59. The van der Waals surface area contributed by atoms with Gasteiger partial charge in [0.05, 0.1) is 17.2 Å². The average Bonchev–Trinajstić information content (AvgIpc) is 2.52. The normalized spacial score (nSPS) is 22.6. The van der Waals surface area contributed by atoms with Gasteiger partial charge in [-0.25, -0.2) is 8.42 Å². The molecule has 0 radical (unpaired) electrons. The lowest BCUT2D eigenvalue weighted by atomic mass is 10.2. The summed E-state index contributed by atoms with van der Waals surface area (Å²) in [4.78, 5) is 0. The van der Waals surface area contributed by atoms with Gasteiger partial charge in [-0.2, -0.15) is 0 Å². The van der Waals surface area contributed by atoms with E-state index in [0.29, 0.717) is 6.42 Å². The maximum Gasteiger partial charge on any atom is 0.152 e. The summed E-state index contributed by atoms with van der Waals surface area (Å²) in [6.45, 7) is 0. The maximum absolute atomic E-state index is 11.4. The van der Waals surface area contributed by atoms with Gasteiger partial charge in [0.15, 0.2) is 9.84 Å². The summed E-state index contributed by atoms with van der Waals surface area (Å²) in [6, 6.07) is 3.85. The number of hydrogen-bond acceptors (Lipinski definition) is 3. The third-order valence-corrected chi connectivity index (χ3v) is 6.06. The van der Waals surface area contributed by atoms with Crippen LogP contribution in [-0.2, 0) is 9.84 Å². The molecule has 1 heterocycles. The summed E-state index contributed by atoms with van der Waals surface area (Å²) in [6.07, 6.45) is 0.664. The molecular weight excluding hydrogens is 438 g/mol. The lowest BCUT2D eigenvalue weighted by Gasteiger charge is -2.16. The summed E-state index contributed by atoms with van der Waals surface area (Å²) >= 11 is 10.3. The fourth-order valence-electron chi connectivity index (χ4n) is 1.79. The number of halogens is 3. The molecule has 0 saturated carbocycles. The van der Waals surface area contributed by atoms with Gasteiger partial charge in [0.2, 0.25) is 0 Å². The largest absolute Gasteiger partial charge is 0.379 e. The van der Waals surface area contributed by atoms with Gasteiger partial charge in [0.25, 0.3) is 0 Å². The van der Waals surface area contributed by atoms with Crippen LogP contribution in [0, 0.1) is 0 Å². The van der Waals surface area contributed by atoms with Crippen molar-refractivity contribution in [3.63, 3.8) is 0 Å². The van der Waals surface area contributed by atoms with Gasteiger partial charge < -0.3 is 5.32 Å². The molecule has 7 heteroatoms. The van der Waals surface area contributed by atoms with Gasteiger partial charge in [-0.05, 0) is 50.4 Å². The zero-order valence-corrected chi connectivity index (χ0v) is 14.3. The van der Waals surface area contributed by atoms with E-state index in [1.807, 2.05) is 12.1 Å². The van der Waals surface area contributed by atoms with E-state index in [1.54, 1.807) is 0 Å². The van der Waals surface area contributed by atoms with Crippen molar-refractivity contribution in [2.75, 3.05) is 16.8 Å². The third kappa shape index (κ3) is 3.45. The minimum atomic E-state index is -2.85. The van der Waals surface area contributed by atoms with Crippen LogP contribution in [0.5, 0.6) is 0 Å². The standard InChI is InChI=1S/C10H10Br3NO2S/c11-6-3-8(12)10(9(13)4-6)14-7-1-2-17(15,16)5-7/h3-4,7,14H,1-2,5H2. The second kappa shape index (κ2) is 5.19. The summed E-state index contributed by atoms with van der Waals surface area (Å²) in [5.74, 6) is 0.485. The highest BCUT2D eigenvalue weighted by Crippen LogP contribution is 2.35. The van der Waals surface area contributed by atoms with Gasteiger partial charge >= 0.3 is 0 Å². The van der Waals surface area contributed by atoms with Crippen molar-refractivity contribution in [1.82, 2.24) is 0 Å². The smallest absolute Gasteiger partial charge is 0.152 e. The van der Waals surface area contributed by atoms with Crippen molar-refractivity contribution < 1.29 is 8.42 Å². The first-order chi connectivity index (χ1) is 7.87. The van der Waals surface area contributed by atoms with Crippen molar-refractivity contribution in [3.8, 4) is 0 Å². The molecule has 94 valence electrons. The van der Waals surface area contributed by atoms with Crippen LogP contribution in [0.4, 0.5) is 5.69 Å². The molecule has 3 nitrogen and oxygen atoms in total. The molecule has 0 aliphatic carbocycles. The second-order valence-corrected chi connectivity index (χ2v) is 8.84. The average molecular weight is 448 g/mol. The molecule has 0 aromatic heterocycles. The molecule has 1 aromatic carbocycles. The summed E-state index contributed by atoms with van der Waals surface area (Å²) in [5, 5.41) is 3.27. The number of nitrogens with one attached hydrogen (secondary N) is 1. The zero-order chi connectivity index (χ0) is 12.6. The lowest BCUT2D eigenvalue weighted by Crippen LogP contribution is -2.21. The topological polar surface area (TPSA) is 46.2 Å². The highest BCUT2D eigenvalue weighted by molar-refractivity contribution is 9.11. The molecule has 1 aliphatic rings. The molecule has 1 atom stereocenters. The van der Waals surface area contributed by atoms with Gasteiger partial charge in [-0.15, -0.1) is 0 Å². The van der Waals surface area contributed by atoms with Gasteiger partial charge in [0, 0.05) is 19.5 Å². The predicted octanol–water partition coefficient (Wildman–Crippen LogP) is 3.57. The fourth-order valence-corrected chi connectivity index (χ4v) is 5.95. The maximum atomic E-state index is 11.4. The van der Waals surface area contributed by atoms with Crippen molar-refractivity contribution >= 4 is 63.3 Å². The Morgan fingerprint density at radius 2 is 1.76 bits per heavy atom. The minimum absolute atomic E-state index is 0.00576. The van der Waals surface area contributed by atoms with Crippen LogP contribution in [0.25, 0.3) is 0 Å².